The molecular weight excluding hydrogens is 464 g/mol. The Balaban J connectivity index is -0.0000000526. The molecule has 2 rings (SSSR count). The molecule has 0 saturated carbocycles. The minimum atomic E-state index is -1.61. The van der Waals surface area contributed by atoms with Gasteiger partial charge in [0.25, 0.3) is 0 Å². The van der Waals surface area contributed by atoms with E-state index in [-0.39, 0.29) is 37.8 Å². The number of nitrogens with one attached hydrogen (secondary N) is 1. The van der Waals surface area contributed by atoms with E-state index in [0.717, 1.165) is 7.11 Å². The standard InChI is InChI=1S/C9H7.C4H10N.C3H10OSi.CH4O.CH3.CH2.2ClH.Zr/c1-2-5-9-7-3-6-8(9)4-1;1-4(2,3)5;1-5(2,3)4;1-2;;;;;/h1-7H;5H,1-3H3;4H,1-3H3;2H,1H3;1H3;1H2;2*1H;/q2*-1;;;-1;;;;. The molecule has 0 heterocycles. The van der Waals surface area contributed by atoms with Crippen LogP contribution in [0, 0.1) is 7.43 Å². The molecule has 26 heavy (non-hydrogen) atoms. The van der Waals surface area contributed by atoms with Gasteiger partial charge in [0.05, 0.1) is 0 Å². The summed E-state index contributed by atoms with van der Waals surface area (Å²) < 4.78 is 3.34. The van der Waals surface area contributed by atoms with Crippen LogP contribution in [-0.4, -0.2) is 35.1 Å². The molecule has 7 heteroatoms. The van der Waals surface area contributed by atoms with Crippen LogP contribution in [0.1, 0.15) is 20.8 Å². The van der Waals surface area contributed by atoms with Crippen LogP contribution in [0.15, 0.2) is 42.5 Å². The second-order valence-electron chi connectivity index (χ2n) is 6.58. The van der Waals surface area contributed by atoms with Gasteiger partial charge in [-0.05, 0) is 19.6 Å². The van der Waals surface area contributed by atoms with Gasteiger partial charge >= 0.3 is 28.4 Å². The Morgan fingerprint density at radius 3 is 1.62 bits per heavy atom. The zero-order valence-corrected chi connectivity index (χ0v) is 22.6. The van der Waals surface area contributed by atoms with Crippen LogP contribution in [0.25, 0.3) is 16.5 Å². The molecule has 2 aromatic rings. The van der Waals surface area contributed by atoms with Crippen molar-refractivity contribution >= 4 is 48.1 Å². The normalized spacial score (nSPS) is 8.50. The fourth-order valence-corrected chi connectivity index (χ4v) is 1.07. The van der Waals surface area contributed by atoms with Crippen molar-refractivity contribution < 1.29 is 34.1 Å². The summed E-state index contributed by atoms with van der Waals surface area (Å²) in [7, 11) is -0.611. The summed E-state index contributed by atoms with van der Waals surface area (Å²) in [5.74, 6) is 0. The molecule has 0 atom stereocenters. The van der Waals surface area contributed by atoms with E-state index in [2.05, 4.69) is 46.7 Å². The molecule has 3 nitrogen and oxygen atoms in total. The van der Waals surface area contributed by atoms with Gasteiger partial charge in [-0.2, -0.15) is 17.5 Å². The Morgan fingerprint density at radius 1 is 1.00 bits per heavy atom. The van der Waals surface area contributed by atoms with Crippen molar-refractivity contribution in [1.82, 2.24) is 0 Å². The topological polar surface area (TPSA) is 64.3 Å². The molecule has 0 aliphatic rings. The second kappa shape index (κ2) is 23.3. The van der Waals surface area contributed by atoms with E-state index in [0.29, 0.717) is 0 Å². The van der Waals surface area contributed by atoms with E-state index >= 15 is 0 Å². The minimum Gasteiger partial charge on any atom is -0.358 e. The Kier molecular flexibility index (Phi) is 36.6. The van der Waals surface area contributed by atoms with Gasteiger partial charge in [0.1, 0.15) is 0 Å². The molecule has 0 spiro atoms. The zero-order chi connectivity index (χ0) is 19.1. The maximum absolute atomic E-state index is 8.66. The molecule has 0 bridgehead atoms. The number of hydrogen-bond donors (Lipinski definition) is 2. The number of aliphatic hydroxyl groups is 1. The summed E-state index contributed by atoms with van der Waals surface area (Å²) in [6.07, 6.45) is 0. The van der Waals surface area contributed by atoms with Crippen molar-refractivity contribution in [2.45, 2.75) is 46.0 Å². The summed E-state index contributed by atoms with van der Waals surface area (Å²) in [4.78, 5) is 8.66. The molecule has 3 N–H and O–H groups in total. The summed E-state index contributed by atoms with van der Waals surface area (Å²) in [5.41, 5.74) is 6.69. The fraction of sp³-hybridized carbons (Fsp3) is 0.421. The van der Waals surface area contributed by atoms with Crippen molar-refractivity contribution in [3.05, 3.63) is 55.6 Å². The molecule has 0 radical (unpaired) electrons. The average molecular weight is 503 g/mol. The number of rotatable bonds is 0. The molecule has 0 fully saturated rings. The Bertz CT molecular complexity index is 444. The predicted molar refractivity (Wildman–Crippen MR) is 125 cm³/mol. The van der Waals surface area contributed by atoms with Gasteiger partial charge in [-0.25, -0.2) is 0 Å². The number of aliphatic hydroxyl groups excluding tert-OH is 1. The molecule has 0 saturated heterocycles. The fourth-order valence-electron chi connectivity index (χ4n) is 1.07. The molecule has 0 aliphatic carbocycles. The molecule has 2 aromatic carbocycles. The van der Waals surface area contributed by atoms with Crippen molar-refractivity contribution in [3.63, 3.8) is 0 Å². The minimum absolute atomic E-state index is 0. The largest absolute Gasteiger partial charge is 0.358 e. The molecule has 0 amide bonds. The zero-order valence-electron chi connectivity index (χ0n) is 17.5. The maximum atomic E-state index is 8.66. The number of hydrogen-bond acceptors (Lipinski definition) is 2. The first-order chi connectivity index (χ1) is 10.5. The van der Waals surface area contributed by atoms with Crippen LogP contribution < -0.4 is 0 Å². The van der Waals surface area contributed by atoms with E-state index in [4.69, 9.17) is 15.6 Å². The van der Waals surface area contributed by atoms with Gasteiger partial charge in [-0.1, -0.05) is 26.8 Å². The molecular formula is C19H38Cl2NO2SiZr-3. The van der Waals surface area contributed by atoms with Crippen molar-refractivity contribution in [2.75, 3.05) is 7.11 Å². The third-order valence-corrected chi connectivity index (χ3v) is 1.55. The van der Waals surface area contributed by atoms with Gasteiger partial charge in [-0.15, -0.1) is 60.0 Å². The second-order valence-corrected chi connectivity index (χ2v) is 10.9. The molecule has 0 aromatic heterocycles. The molecule has 0 unspecified atom stereocenters. The van der Waals surface area contributed by atoms with Crippen LogP contribution in [0.4, 0.5) is 0 Å². The number of fused-ring (bicyclic) bond motifs is 1. The van der Waals surface area contributed by atoms with Crippen molar-refractivity contribution in [3.8, 4) is 0 Å². The number of benzene rings is 1. The van der Waals surface area contributed by atoms with E-state index in [1.165, 1.54) is 35.0 Å². The van der Waals surface area contributed by atoms with E-state index < -0.39 is 8.32 Å². The quantitative estimate of drug-likeness (QED) is 0.339. The Morgan fingerprint density at radius 2 is 1.31 bits per heavy atom. The van der Waals surface area contributed by atoms with E-state index in [1.54, 1.807) is 0 Å². The smallest absolute Gasteiger partial charge is 0.0809 e. The molecule has 156 valence electrons. The first-order valence-electron chi connectivity index (χ1n) is 7.35. The van der Waals surface area contributed by atoms with Crippen LogP contribution in [0.3, 0.4) is 0 Å². The predicted octanol–water partition coefficient (Wildman–Crippen LogP) is 6.08. The van der Waals surface area contributed by atoms with Crippen LogP contribution >= 0.6 is 24.8 Å². The SMILES string of the molecule is CC(C)(C)[NH-].CO.C[Si](C)(C)O.Cl.Cl.[CH2]=[Zr].[CH3-].c1ccc2[cH-]ccc2c1. The summed E-state index contributed by atoms with van der Waals surface area (Å²) in [5, 5.41) is 9.66. The third kappa shape index (κ3) is 44.1. The monoisotopic (exact) mass is 500 g/mol. The van der Waals surface area contributed by atoms with Gasteiger partial charge in [0.15, 0.2) is 8.32 Å². The maximum Gasteiger partial charge on any atom is -0.0809 e. The summed E-state index contributed by atoms with van der Waals surface area (Å²) >= 11 is 1.30. The van der Waals surface area contributed by atoms with Gasteiger partial charge in [0.2, 0.25) is 0 Å². The van der Waals surface area contributed by atoms with Crippen molar-refractivity contribution in [1.29, 1.82) is 0 Å². The van der Waals surface area contributed by atoms with E-state index in [9.17, 15) is 0 Å². The first kappa shape index (κ1) is 40.8. The Hall–Kier alpha value is 0.260. The Labute approximate surface area is 190 Å². The van der Waals surface area contributed by atoms with Crippen LogP contribution in [0.5, 0.6) is 0 Å². The number of halogens is 2. The van der Waals surface area contributed by atoms with Gasteiger partial charge < -0.3 is 23.1 Å². The van der Waals surface area contributed by atoms with Gasteiger partial charge in [0, 0.05) is 7.11 Å². The van der Waals surface area contributed by atoms with E-state index in [1.807, 2.05) is 40.4 Å². The summed E-state index contributed by atoms with van der Waals surface area (Å²) in [6, 6.07) is 14.7. The van der Waals surface area contributed by atoms with Crippen molar-refractivity contribution in [2.24, 2.45) is 0 Å². The van der Waals surface area contributed by atoms with Gasteiger partial charge in [-0.3, -0.25) is 0 Å². The average Bonchev–Trinajstić information content (AvgIpc) is 2.88. The summed E-state index contributed by atoms with van der Waals surface area (Å²) in [6.45, 7) is 11.2. The first-order valence-corrected chi connectivity index (χ1v) is 12.5. The van der Waals surface area contributed by atoms with Crippen LogP contribution in [-0.2, 0) is 24.2 Å². The third-order valence-electron chi connectivity index (χ3n) is 1.55. The van der Waals surface area contributed by atoms with Crippen LogP contribution in [0.2, 0.25) is 19.6 Å². The molecule has 0 aliphatic heterocycles.